The minimum absolute atomic E-state index is 0.153. The fourth-order valence-corrected chi connectivity index (χ4v) is 2.42. The number of nitro benzene ring substituents is 1. The molecule has 0 spiro atoms. The Morgan fingerprint density at radius 3 is 2.33 bits per heavy atom. The zero-order valence-electron chi connectivity index (χ0n) is 10.8. The highest BCUT2D eigenvalue weighted by molar-refractivity contribution is 5.32. The van der Waals surface area contributed by atoms with Crippen molar-refractivity contribution in [3.8, 4) is 0 Å². The largest absolute Gasteiger partial charge is 0.314 e. The molecule has 2 rings (SSSR count). The lowest BCUT2D eigenvalue weighted by atomic mass is 10.1. The summed E-state index contributed by atoms with van der Waals surface area (Å²) < 4.78 is 0. The van der Waals surface area contributed by atoms with Gasteiger partial charge < -0.3 is 5.32 Å². The van der Waals surface area contributed by atoms with Crippen LogP contribution in [0, 0.1) is 10.1 Å². The normalized spacial score (nSPS) is 25.0. The predicted molar refractivity (Wildman–Crippen MR) is 70.4 cm³/mol. The Kier molecular flexibility index (Phi) is 3.93. The van der Waals surface area contributed by atoms with E-state index in [0.717, 1.165) is 25.2 Å². The first-order valence-electron chi connectivity index (χ1n) is 6.27. The highest BCUT2D eigenvalue weighted by atomic mass is 16.6. The molecule has 0 radical (unpaired) electrons. The van der Waals surface area contributed by atoms with Crippen LogP contribution in [0.15, 0.2) is 24.3 Å². The molecule has 1 aliphatic heterocycles. The Morgan fingerprint density at radius 2 is 1.83 bits per heavy atom. The molecule has 0 aromatic heterocycles. The summed E-state index contributed by atoms with van der Waals surface area (Å²) in [5, 5.41) is 14.0. The van der Waals surface area contributed by atoms with Crippen molar-refractivity contribution in [2.75, 3.05) is 13.1 Å². The van der Waals surface area contributed by atoms with Crippen molar-refractivity contribution in [2.24, 2.45) is 0 Å². The van der Waals surface area contributed by atoms with Gasteiger partial charge in [0, 0.05) is 43.9 Å². The number of nitrogens with one attached hydrogen (secondary N) is 1. The van der Waals surface area contributed by atoms with Gasteiger partial charge in [0.25, 0.3) is 5.69 Å². The van der Waals surface area contributed by atoms with E-state index in [1.807, 2.05) is 12.1 Å². The van der Waals surface area contributed by atoms with Gasteiger partial charge >= 0.3 is 0 Å². The SMILES string of the molecule is CC1CNCC(C)N1Cc1ccc([N+](=O)[O-])cc1. The van der Waals surface area contributed by atoms with Crippen LogP contribution in [0.25, 0.3) is 0 Å². The Morgan fingerprint density at radius 1 is 1.28 bits per heavy atom. The van der Waals surface area contributed by atoms with Gasteiger partial charge in [0.2, 0.25) is 0 Å². The van der Waals surface area contributed by atoms with Crippen LogP contribution < -0.4 is 5.32 Å². The van der Waals surface area contributed by atoms with Crippen molar-refractivity contribution in [3.63, 3.8) is 0 Å². The van der Waals surface area contributed by atoms with E-state index >= 15 is 0 Å². The van der Waals surface area contributed by atoms with E-state index in [9.17, 15) is 10.1 Å². The Labute approximate surface area is 107 Å². The lowest BCUT2D eigenvalue weighted by molar-refractivity contribution is -0.384. The van der Waals surface area contributed by atoms with Crippen LogP contribution in [-0.4, -0.2) is 35.0 Å². The van der Waals surface area contributed by atoms with Crippen molar-refractivity contribution in [2.45, 2.75) is 32.5 Å². The Bertz CT molecular complexity index is 409. The molecule has 1 saturated heterocycles. The maximum atomic E-state index is 10.6. The molecule has 1 aliphatic rings. The number of hydrogen-bond acceptors (Lipinski definition) is 4. The number of piperazine rings is 1. The minimum atomic E-state index is -0.361. The topological polar surface area (TPSA) is 58.4 Å². The molecule has 1 aromatic rings. The standard InChI is InChI=1S/C13H19N3O2/c1-10-7-14-8-11(2)15(10)9-12-3-5-13(6-4-12)16(17)18/h3-6,10-11,14H,7-9H2,1-2H3. The van der Waals surface area contributed by atoms with Gasteiger partial charge in [-0.1, -0.05) is 12.1 Å². The molecule has 0 amide bonds. The van der Waals surface area contributed by atoms with Crippen molar-refractivity contribution >= 4 is 5.69 Å². The summed E-state index contributed by atoms with van der Waals surface area (Å²) >= 11 is 0. The maximum Gasteiger partial charge on any atom is 0.269 e. The average Bonchev–Trinajstić information content (AvgIpc) is 2.34. The first kappa shape index (κ1) is 13.0. The maximum absolute atomic E-state index is 10.6. The van der Waals surface area contributed by atoms with Crippen molar-refractivity contribution in [1.29, 1.82) is 0 Å². The monoisotopic (exact) mass is 249 g/mol. The van der Waals surface area contributed by atoms with Gasteiger partial charge in [0.05, 0.1) is 4.92 Å². The number of benzene rings is 1. The van der Waals surface area contributed by atoms with E-state index in [2.05, 4.69) is 24.1 Å². The van der Waals surface area contributed by atoms with E-state index in [1.165, 1.54) is 0 Å². The van der Waals surface area contributed by atoms with E-state index in [4.69, 9.17) is 0 Å². The van der Waals surface area contributed by atoms with E-state index in [0.29, 0.717) is 12.1 Å². The molecule has 1 N–H and O–H groups in total. The van der Waals surface area contributed by atoms with Crippen LogP contribution in [0.3, 0.4) is 0 Å². The third kappa shape index (κ3) is 2.86. The van der Waals surface area contributed by atoms with Gasteiger partial charge in [0.15, 0.2) is 0 Å². The lowest BCUT2D eigenvalue weighted by Gasteiger charge is -2.39. The fraction of sp³-hybridized carbons (Fsp3) is 0.538. The molecule has 5 heteroatoms. The van der Waals surface area contributed by atoms with Crippen molar-refractivity contribution in [3.05, 3.63) is 39.9 Å². The van der Waals surface area contributed by atoms with E-state index in [1.54, 1.807) is 12.1 Å². The third-order valence-electron chi connectivity index (χ3n) is 3.52. The quantitative estimate of drug-likeness (QED) is 0.655. The van der Waals surface area contributed by atoms with Gasteiger partial charge in [0.1, 0.15) is 0 Å². The van der Waals surface area contributed by atoms with E-state index < -0.39 is 0 Å². The Hall–Kier alpha value is -1.46. The third-order valence-corrected chi connectivity index (χ3v) is 3.52. The van der Waals surface area contributed by atoms with Gasteiger partial charge in [-0.25, -0.2) is 0 Å². The van der Waals surface area contributed by atoms with Crippen molar-refractivity contribution < 1.29 is 4.92 Å². The summed E-state index contributed by atoms with van der Waals surface area (Å²) in [4.78, 5) is 12.7. The second kappa shape index (κ2) is 5.46. The molecule has 18 heavy (non-hydrogen) atoms. The lowest BCUT2D eigenvalue weighted by Crippen LogP contribution is -2.54. The van der Waals surface area contributed by atoms with Crippen LogP contribution in [-0.2, 0) is 6.54 Å². The average molecular weight is 249 g/mol. The summed E-state index contributed by atoms with van der Waals surface area (Å²) in [5.74, 6) is 0. The highest BCUT2D eigenvalue weighted by Gasteiger charge is 2.24. The summed E-state index contributed by atoms with van der Waals surface area (Å²) in [6.45, 7) is 7.25. The van der Waals surface area contributed by atoms with Crippen molar-refractivity contribution in [1.82, 2.24) is 10.2 Å². The van der Waals surface area contributed by atoms with Crippen LogP contribution in [0.2, 0.25) is 0 Å². The molecule has 98 valence electrons. The summed E-state index contributed by atoms with van der Waals surface area (Å²) in [5.41, 5.74) is 1.28. The van der Waals surface area contributed by atoms with Gasteiger partial charge in [-0.15, -0.1) is 0 Å². The van der Waals surface area contributed by atoms with Gasteiger partial charge in [-0.05, 0) is 19.4 Å². The molecule has 2 atom stereocenters. The predicted octanol–water partition coefficient (Wildman–Crippen LogP) is 1.78. The van der Waals surface area contributed by atoms with E-state index in [-0.39, 0.29) is 10.6 Å². The molecular weight excluding hydrogens is 230 g/mol. The van der Waals surface area contributed by atoms with Crippen LogP contribution in [0.1, 0.15) is 19.4 Å². The Balaban J connectivity index is 2.06. The first-order valence-corrected chi connectivity index (χ1v) is 6.27. The van der Waals surface area contributed by atoms with Gasteiger partial charge in [-0.2, -0.15) is 0 Å². The molecule has 0 aliphatic carbocycles. The molecule has 1 aromatic carbocycles. The van der Waals surface area contributed by atoms with Gasteiger partial charge in [-0.3, -0.25) is 15.0 Å². The number of hydrogen-bond donors (Lipinski definition) is 1. The molecule has 1 heterocycles. The highest BCUT2D eigenvalue weighted by Crippen LogP contribution is 2.17. The molecule has 2 unspecified atom stereocenters. The van der Waals surface area contributed by atoms with Crippen LogP contribution >= 0.6 is 0 Å². The summed E-state index contributed by atoms with van der Waals surface area (Å²) in [6, 6.07) is 7.83. The minimum Gasteiger partial charge on any atom is -0.314 e. The summed E-state index contributed by atoms with van der Waals surface area (Å²) in [7, 11) is 0. The molecule has 0 saturated carbocycles. The number of non-ortho nitro benzene ring substituents is 1. The molecular formula is C13H19N3O2. The molecule has 0 bridgehead atoms. The smallest absolute Gasteiger partial charge is 0.269 e. The number of rotatable bonds is 3. The van der Waals surface area contributed by atoms with Crippen LogP contribution in [0.5, 0.6) is 0 Å². The second-order valence-electron chi connectivity index (χ2n) is 4.95. The zero-order chi connectivity index (χ0) is 13.1. The molecule has 5 nitrogen and oxygen atoms in total. The van der Waals surface area contributed by atoms with Crippen LogP contribution in [0.4, 0.5) is 5.69 Å². The molecule has 1 fully saturated rings. The fourth-order valence-electron chi connectivity index (χ4n) is 2.42. The second-order valence-corrected chi connectivity index (χ2v) is 4.95. The first-order chi connectivity index (χ1) is 8.58. The number of nitro groups is 1. The zero-order valence-corrected chi connectivity index (χ0v) is 10.8. The summed E-state index contributed by atoms with van der Waals surface area (Å²) in [6.07, 6.45) is 0. The number of nitrogens with zero attached hydrogens (tertiary/aromatic N) is 2.